The molecule has 6 atom stereocenters. The summed E-state index contributed by atoms with van der Waals surface area (Å²) in [5, 5.41) is 6.42. The zero-order valence-electron chi connectivity index (χ0n) is 41.7. The number of hydrogen-bond acceptors (Lipinski definition) is 11. The highest BCUT2D eigenvalue weighted by atomic mass is 32.1. The molecule has 0 radical (unpaired) electrons. The minimum Gasteiger partial charge on any atom is -0.464 e. The van der Waals surface area contributed by atoms with Gasteiger partial charge >= 0.3 is 12.2 Å². The van der Waals surface area contributed by atoms with Crippen molar-refractivity contribution in [3.8, 4) is 39.5 Å². The number of H-pyrrole nitrogens is 2. The first-order chi connectivity index (χ1) is 34.6. The fourth-order valence-corrected chi connectivity index (χ4v) is 12.1. The smallest absolute Gasteiger partial charge is 0.407 e. The lowest BCUT2D eigenvalue weighted by Crippen LogP contribution is -2.54. The average Bonchev–Trinajstić information content (AvgIpc) is 4.23. The van der Waals surface area contributed by atoms with Gasteiger partial charge in [-0.3, -0.25) is 14.2 Å². The van der Waals surface area contributed by atoms with Crippen LogP contribution in [0.15, 0.2) is 60.9 Å². The van der Waals surface area contributed by atoms with Crippen molar-refractivity contribution in [2.75, 3.05) is 33.9 Å². The van der Waals surface area contributed by atoms with Gasteiger partial charge in [0.15, 0.2) is 0 Å². The van der Waals surface area contributed by atoms with Crippen molar-refractivity contribution >= 4 is 46.2 Å². The maximum absolute atomic E-state index is 16.9. The number of aryl methyl sites for hydroxylation is 1. The Balaban J connectivity index is 0.945. The first-order valence-electron chi connectivity index (χ1n) is 24.9. The Morgan fingerprint density at radius 3 is 2.17 bits per heavy atom. The number of nitrogens with one attached hydrogen (secondary N) is 4. The molecule has 19 heteroatoms. The molecule has 0 bridgehead atoms. The summed E-state index contributed by atoms with van der Waals surface area (Å²) in [6.07, 6.45) is 6.57. The van der Waals surface area contributed by atoms with Crippen LogP contribution in [0.5, 0.6) is 5.75 Å². The van der Waals surface area contributed by atoms with Gasteiger partial charge in [-0.25, -0.2) is 23.9 Å². The third-order valence-electron chi connectivity index (χ3n) is 14.7. The van der Waals surface area contributed by atoms with Gasteiger partial charge in [0.2, 0.25) is 18.0 Å². The Bertz CT molecular complexity index is 3030. The van der Waals surface area contributed by atoms with Gasteiger partial charge in [-0.05, 0) is 113 Å². The van der Waals surface area contributed by atoms with Gasteiger partial charge in [-0.2, -0.15) is 0 Å². The van der Waals surface area contributed by atoms with E-state index in [2.05, 4.69) is 50.3 Å². The molecule has 380 valence electrons. The van der Waals surface area contributed by atoms with Crippen molar-refractivity contribution in [2.45, 2.75) is 116 Å². The molecule has 0 saturated carbocycles. The van der Waals surface area contributed by atoms with Crippen LogP contribution in [-0.2, 0) is 30.2 Å². The summed E-state index contributed by atoms with van der Waals surface area (Å²) in [4.78, 5) is 75.2. The van der Waals surface area contributed by atoms with E-state index in [1.165, 1.54) is 25.2 Å². The minimum atomic E-state index is -0.774. The van der Waals surface area contributed by atoms with Crippen LogP contribution >= 0.6 is 11.3 Å². The lowest BCUT2D eigenvalue weighted by molar-refractivity contribution is -0.139. The molecule has 6 aromatic rings. The summed E-state index contributed by atoms with van der Waals surface area (Å²) < 4.78 is 41.6. The van der Waals surface area contributed by atoms with Crippen LogP contribution in [0.3, 0.4) is 0 Å². The molecule has 10 rings (SSSR count). The van der Waals surface area contributed by atoms with Gasteiger partial charge in [0.05, 0.1) is 77.3 Å². The summed E-state index contributed by atoms with van der Waals surface area (Å²) >= 11 is 1.66. The number of carbonyl (C=O) groups excluding carboxylic acids is 4. The maximum atomic E-state index is 16.9. The van der Waals surface area contributed by atoms with Gasteiger partial charge in [0.1, 0.15) is 35.3 Å². The molecule has 3 saturated heterocycles. The van der Waals surface area contributed by atoms with E-state index in [0.29, 0.717) is 85.3 Å². The number of imidazole rings is 2. The molecule has 4 aromatic heterocycles. The molecular weight excluding hydrogens is 942 g/mol. The van der Waals surface area contributed by atoms with Crippen LogP contribution in [0.2, 0.25) is 0 Å². The summed E-state index contributed by atoms with van der Waals surface area (Å²) in [7, 11) is 2.57. The summed E-state index contributed by atoms with van der Waals surface area (Å²) in [6, 6.07) is 13.4. The lowest BCUT2D eigenvalue weighted by Gasteiger charge is -2.40. The number of ether oxygens (including phenoxy) is 4. The Morgan fingerprint density at radius 1 is 0.861 bits per heavy atom. The molecule has 6 unspecified atom stereocenters. The summed E-state index contributed by atoms with van der Waals surface area (Å²) in [5.41, 5.74) is 4.19. The number of aromatic amines is 2. The number of rotatable bonds is 12. The number of halogens is 1. The molecule has 4 aliphatic rings. The zero-order chi connectivity index (χ0) is 50.6. The quantitative estimate of drug-likeness (QED) is 0.0916. The highest BCUT2D eigenvalue weighted by molar-refractivity contribution is 7.12. The first-order valence-corrected chi connectivity index (χ1v) is 25.8. The van der Waals surface area contributed by atoms with Crippen LogP contribution in [0, 0.1) is 17.7 Å². The predicted octanol–water partition coefficient (Wildman–Crippen LogP) is 9.43. The number of benzene rings is 2. The molecule has 0 spiro atoms. The third-order valence-corrected chi connectivity index (χ3v) is 16.0. The number of thiophene rings is 1. The van der Waals surface area contributed by atoms with Crippen molar-refractivity contribution in [3.63, 3.8) is 0 Å². The fraction of sp³-hybridized carbons (Fsp3) is 0.472. The predicted molar refractivity (Wildman–Crippen MR) is 269 cm³/mol. The van der Waals surface area contributed by atoms with Crippen molar-refractivity contribution in [1.82, 2.24) is 44.9 Å². The van der Waals surface area contributed by atoms with Crippen LogP contribution in [0.4, 0.5) is 14.0 Å². The number of amides is 4. The number of fused-ring (bicyclic) bond motifs is 5. The van der Waals surface area contributed by atoms with Crippen LogP contribution in [0.1, 0.15) is 113 Å². The van der Waals surface area contributed by atoms with Crippen molar-refractivity contribution in [3.05, 3.63) is 88.1 Å². The van der Waals surface area contributed by atoms with Gasteiger partial charge in [-0.1, -0.05) is 26.8 Å². The topological polar surface area (TPSA) is 198 Å². The molecule has 4 aliphatic heterocycles. The Hall–Kier alpha value is -6.73. The molecule has 72 heavy (non-hydrogen) atoms. The molecule has 4 amide bonds. The molecule has 3 fully saturated rings. The van der Waals surface area contributed by atoms with Crippen LogP contribution in [0.25, 0.3) is 44.7 Å². The largest absolute Gasteiger partial charge is 0.464 e. The summed E-state index contributed by atoms with van der Waals surface area (Å²) in [6.45, 7) is 11.4. The van der Waals surface area contributed by atoms with Crippen molar-refractivity contribution < 1.29 is 42.5 Å². The van der Waals surface area contributed by atoms with Gasteiger partial charge in [0, 0.05) is 41.1 Å². The number of hydrogen-bond donors (Lipinski definition) is 4. The minimum absolute atomic E-state index is 0.129. The number of methoxy groups -OCH3 is 2. The third kappa shape index (κ3) is 9.20. The number of carbonyl (C=O) groups is 4. The second-order valence-electron chi connectivity index (χ2n) is 20.2. The van der Waals surface area contributed by atoms with E-state index in [-0.39, 0.29) is 35.7 Å². The highest BCUT2D eigenvalue weighted by Crippen LogP contribution is 2.48. The number of likely N-dealkylation sites (tertiary alicyclic amines) is 2. The van der Waals surface area contributed by atoms with Crippen LogP contribution in [-0.4, -0.2) is 110 Å². The molecule has 17 nitrogen and oxygen atoms in total. The number of aromatic nitrogens is 5. The Labute approximate surface area is 421 Å². The van der Waals surface area contributed by atoms with E-state index in [9.17, 15) is 19.2 Å². The van der Waals surface area contributed by atoms with E-state index in [4.69, 9.17) is 28.9 Å². The Morgan fingerprint density at radius 2 is 1.53 bits per heavy atom. The van der Waals surface area contributed by atoms with E-state index in [1.807, 2.05) is 56.9 Å². The highest BCUT2D eigenvalue weighted by Gasteiger charge is 2.43. The Kier molecular flexibility index (Phi) is 13.4. The monoisotopic (exact) mass is 1000 g/mol. The number of alkyl carbamates (subject to hydrolysis) is 2. The molecule has 2 aromatic carbocycles. The van der Waals surface area contributed by atoms with Crippen molar-refractivity contribution in [2.24, 2.45) is 11.8 Å². The van der Waals surface area contributed by atoms with E-state index >= 15 is 4.39 Å². The maximum Gasteiger partial charge on any atom is 0.407 e. The molecule has 4 N–H and O–H groups in total. The normalized spacial score (nSPS) is 21.2. The first kappa shape index (κ1) is 48.9. The van der Waals surface area contributed by atoms with Crippen molar-refractivity contribution in [1.29, 1.82) is 0 Å². The van der Waals surface area contributed by atoms with Crippen LogP contribution < -0.4 is 15.4 Å². The molecular formula is C53H62FN9O8S. The fourth-order valence-electron chi connectivity index (χ4n) is 11.1. The second kappa shape index (κ2) is 19.7. The summed E-state index contributed by atoms with van der Waals surface area (Å²) in [5.74, 6) is 0.469. The standard InChI is InChI=1S/C53H62FN9O8S/c1-8-33-14-16-42(72-33)50-63-37-15-13-29(35-26-55-46(57-35)39-12-10-19-62(39)49(65)45(60-52(67)69-7)30-17-20-70-53(4,5)25-30)21-32(37)23-40(63)43-34(54)22-31(24-41(43)71-50)36-27-56-47(58-36)38-11-9-18-61(38)48(64)44(28(2)3)59-51(66)68-6/h13-16,21-24,26-28,30,38-39,44-45,50H,8-12,17-20,25H2,1-7H3,(H,55,57)(H,56,58)(H,59,66)(H,60,67). The van der Waals surface area contributed by atoms with E-state index < -0.39 is 41.9 Å². The van der Waals surface area contributed by atoms with E-state index in [0.717, 1.165) is 46.3 Å². The van der Waals surface area contributed by atoms with Gasteiger partial charge < -0.3 is 49.3 Å². The second-order valence-corrected chi connectivity index (χ2v) is 21.4. The van der Waals surface area contributed by atoms with Gasteiger partial charge in [0.25, 0.3) is 0 Å². The molecule has 8 heterocycles. The number of nitrogens with zero attached hydrogens (tertiary/aromatic N) is 5. The van der Waals surface area contributed by atoms with Gasteiger partial charge in [-0.15, -0.1) is 11.3 Å². The van der Waals surface area contributed by atoms with E-state index in [1.54, 1.807) is 28.6 Å². The SMILES string of the molecule is CCc1ccc(C2Oc3cc(-c4cnc(C5CCCN5C(=O)C(NC(=O)OC)C(C)C)[nH]4)cc(F)c3-c3cc4cc(-c5cnc(C6CCCN6C(=O)C(NC(=O)OC)C6CCOC(C)(C)C6)[nH]5)ccc4n32)s1. The lowest BCUT2D eigenvalue weighted by atomic mass is 9.82. The molecule has 0 aliphatic carbocycles. The average molecular weight is 1000 g/mol. The zero-order valence-corrected chi connectivity index (χ0v) is 42.5.